The number of amidine groups is 1. The Morgan fingerprint density at radius 1 is 1.50 bits per heavy atom. The molecule has 7 nitrogen and oxygen atoms in total. The summed E-state index contributed by atoms with van der Waals surface area (Å²) in [6.07, 6.45) is -0.614. The van der Waals surface area contributed by atoms with E-state index in [4.69, 9.17) is 26.6 Å². The number of hydrogen-bond acceptors (Lipinski definition) is 5. The Balaban J connectivity index is 2.27. The van der Waals surface area contributed by atoms with Crippen LogP contribution >= 0.6 is 11.6 Å². The number of nitrogens with two attached hydrogens (primary N) is 1. The van der Waals surface area contributed by atoms with E-state index in [1.165, 1.54) is 0 Å². The van der Waals surface area contributed by atoms with Crippen LogP contribution in [0.4, 0.5) is 16.3 Å². The number of amides is 1. The van der Waals surface area contributed by atoms with Gasteiger partial charge in [0.25, 0.3) is 0 Å². The summed E-state index contributed by atoms with van der Waals surface area (Å²) < 4.78 is 10.3. The molecule has 3 N–H and O–H groups in total. The second-order valence-electron chi connectivity index (χ2n) is 5.58. The van der Waals surface area contributed by atoms with Crippen molar-refractivity contribution in [2.24, 2.45) is 10.7 Å². The summed E-state index contributed by atoms with van der Waals surface area (Å²) in [6, 6.07) is 5.09. The normalized spacial score (nSPS) is 12.5. The Morgan fingerprint density at radius 3 is 2.86 bits per heavy atom. The molecule has 0 atom stereocenters. The summed E-state index contributed by atoms with van der Waals surface area (Å²) in [5.41, 5.74) is 6.09. The van der Waals surface area contributed by atoms with E-state index in [9.17, 15) is 4.79 Å². The molecule has 0 aliphatic heterocycles. The molecule has 0 saturated heterocycles. The van der Waals surface area contributed by atoms with E-state index in [1.807, 2.05) is 0 Å². The molecule has 2 aromatic rings. The van der Waals surface area contributed by atoms with Gasteiger partial charge in [-0.3, -0.25) is 5.32 Å². The van der Waals surface area contributed by atoms with Gasteiger partial charge in [-0.15, -0.1) is 11.6 Å². The fourth-order valence-electron chi connectivity index (χ4n) is 1.68. The maximum atomic E-state index is 11.8. The van der Waals surface area contributed by atoms with Crippen LogP contribution in [0, 0.1) is 0 Å². The summed E-state index contributed by atoms with van der Waals surface area (Å²) in [6.45, 7) is 5.32. The molecular weight excluding hydrogens is 308 g/mol. The van der Waals surface area contributed by atoms with Crippen LogP contribution in [0.25, 0.3) is 11.0 Å². The summed E-state index contributed by atoms with van der Waals surface area (Å²) >= 11 is 5.60. The topological polar surface area (TPSA) is 103 Å². The van der Waals surface area contributed by atoms with Crippen LogP contribution in [0.15, 0.2) is 27.7 Å². The Kier molecular flexibility index (Phi) is 4.56. The number of anilines is 1. The molecule has 1 aromatic heterocycles. The van der Waals surface area contributed by atoms with Gasteiger partial charge >= 0.3 is 6.09 Å². The number of alkyl halides is 1. The van der Waals surface area contributed by atoms with Gasteiger partial charge in [-0.25, -0.2) is 9.79 Å². The van der Waals surface area contributed by atoms with Crippen LogP contribution in [0.1, 0.15) is 20.8 Å². The number of fused-ring (bicyclic) bond motifs is 1. The number of benzene rings is 1. The monoisotopic (exact) mass is 324 g/mol. The molecule has 0 unspecified atom stereocenters. The predicted octanol–water partition coefficient (Wildman–Crippen LogP) is 3.40. The Labute approximate surface area is 132 Å². The minimum Gasteiger partial charge on any atom is -0.444 e. The van der Waals surface area contributed by atoms with E-state index < -0.39 is 11.7 Å². The van der Waals surface area contributed by atoms with Crippen molar-refractivity contribution in [1.29, 1.82) is 0 Å². The number of nitrogens with zero attached hydrogens (tertiary/aromatic N) is 2. The lowest BCUT2D eigenvalue weighted by atomic mass is 10.2. The molecule has 0 fully saturated rings. The van der Waals surface area contributed by atoms with Gasteiger partial charge in [0.15, 0.2) is 11.4 Å². The van der Waals surface area contributed by atoms with Gasteiger partial charge in [0.05, 0.1) is 17.0 Å². The number of halogens is 1. The molecule has 0 radical (unpaired) electrons. The van der Waals surface area contributed by atoms with Crippen LogP contribution in [-0.2, 0) is 4.74 Å². The maximum absolute atomic E-state index is 11.8. The summed E-state index contributed by atoms with van der Waals surface area (Å²) in [5, 5.41) is 6.95. The number of nitrogens with one attached hydrogen (secondary N) is 1. The van der Waals surface area contributed by atoms with Gasteiger partial charge in [0.1, 0.15) is 11.4 Å². The Hall–Kier alpha value is -2.28. The average Bonchev–Trinajstić information content (AvgIpc) is 2.79. The van der Waals surface area contributed by atoms with E-state index in [1.54, 1.807) is 39.0 Å². The molecule has 2 rings (SSSR count). The zero-order valence-corrected chi connectivity index (χ0v) is 13.3. The van der Waals surface area contributed by atoms with Gasteiger partial charge in [0.2, 0.25) is 0 Å². The second-order valence-corrected chi connectivity index (χ2v) is 5.84. The van der Waals surface area contributed by atoms with Crippen molar-refractivity contribution in [2.45, 2.75) is 26.4 Å². The first-order valence-electron chi connectivity index (χ1n) is 6.57. The van der Waals surface area contributed by atoms with Gasteiger partial charge in [0, 0.05) is 0 Å². The summed E-state index contributed by atoms with van der Waals surface area (Å²) in [5.74, 6) is 0.676. The van der Waals surface area contributed by atoms with Crippen molar-refractivity contribution in [1.82, 2.24) is 5.16 Å². The summed E-state index contributed by atoms with van der Waals surface area (Å²) in [7, 11) is 0. The molecule has 1 amide bonds. The van der Waals surface area contributed by atoms with E-state index in [2.05, 4.69) is 15.5 Å². The van der Waals surface area contributed by atoms with Crippen molar-refractivity contribution >= 4 is 46.0 Å². The number of aromatic nitrogens is 1. The average molecular weight is 325 g/mol. The van der Waals surface area contributed by atoms with Crippen LogP contribution in [0.2, 0.25) is 0 Å². The summed E-state index contributed by atoms with van der Waals surface area (Å²) in [4.78, 5) is 15.9. The number of carbonyl (C=O) groups is 1. The van der Waals surface area contributed by atoms with Gasteiger partial charge < -0.3 is 15.0 Å². The molecule has 1 heterocycles. The van der Waals surface area contributed by atoms with Crippen LogP contribution in [0.3, 0.4) is 0 Å². The zero-order valence-electron chi connectivity index (χ0n) is 12.5. The molecule has 0 aliphatic rings. The number of rotatable bonds is 3. The highest BCUT2D eigenvalue weighted by atomic mass is 35.5. The van der Waals surface area contributed by atoms with Crippen molar-refractivity contribution < 1.29 is 14.1 Å². The van der Waals surface area contributed by atoms with Gasteiger partial charge in [-0.2, -0.15) is 0 Å². The highest BCUT2D eigenvalue weighted by Crippen LogP contribution is 2.27. The molecule has 0 bridgehead atoms. The molecule has 0 aliphatic carbocycles. The highest BCUT2D eigenvalue weighted by molar-refractivity contribution is 6.28. The fourth-order valence-corrected chi connectivity index (χ4v) is 1.74. The first kappa shape index (κ1) is 16.1. The largest absolute Gasteiger partial charge is 0.444 e. The van der Waals surface area contributed by atoms with Gasteiger partial charge in [-0.1, -0.05) is 5.16 Å². The van der Waals surface area contributed by atoms with Crippen LogP contribution in [0.5, 0.6) is 0 Å². The number of ether oxygens (including phenoxy) is 1. The van der Waals surface area contributed by atoms with E-state index in [0.717, 1.165) is 0 Å². The molecule has 8 heteroatoms. The molecule has 0 spiro atoms. The third-order valence-corrected chi connectivity index (χ3v) is 2.76. The highest BCUT2D eigenvalue weighted by Gasteiger charge is 2.18. The van der Waals surface area contributed by atoms with E-state index >= 15 is 0 Å². The number of hydrogen-bond donors (Lipinski definition) is 2. The lowest BCUT2D eigenvalue weighted by Gasteiger charge is -2.19. The first-order chi connectivity index (χ1) is 10.3. The standard InChI is InChI=1S/C14H17ClN4O3/c1-14(2,3)21-13(20)18-12-9-6-8(17-11(16)7-15)4-5-10(9)22-19-12/h4-6H,7H2,1-3H3,(H2,16,17)(H,18,19,20). The number of aliphatic imine (C=N–C) groups is 1. The number of carbonyl (C=O) groups excluding carboxylic acids is 1. The smallest absolute Gasteiger partial charge is 0.413 e. The van der Waals surface area contributed by atoms with E-state index in [0.29, 0.717) is 22.5 Å². The molecule has 22 heavy (non-hydrogen) atoms. The predicted molar refractivity (Wildman–Crippen MR) is 85.9 cm³/mol. The molecule has 0 saturated carbocycles. The van der Waals surface area contributed by atoms with E-state index in [-0.39, 0.29) is 11.7 Å². The van der Waals surface area contributed by atoms with Crippen LogP contribution in [-0.4, -0.2) is 28.6 Å². The van der Waals surface area contributed by atoms with Gasteiger partial charge in [-0.05, 0) is 39.0 Å². The molecule has 118 valence electrons. The molecular formula is C14H17ClN4O3. The van der Waals surface area contributed by atoms with Crippen molar-refractivity contribution in [3.8, 4) is 0 Å². The third kappa shape index (κ3) is 4.11. The lowest BCUT2D eigenvalue weighted by Crippen LogP contribution is -2.27. The molecule has 1 aromatic carbocycles. The van der Waals surface area contributed by atoms with Crippen LogP contribution < -0.4 is 11.1 Å². The van der Waals surface area contributed by atoms with Crippen molar-refractivity contribution in [2.75, 3.05) is 11.2 Å². The van der Waals surface area contributed by atoms with Crippen molar-refractivity contribution in [3.63, 3.8) is 0 Å². The fraction of sp³-hybridized carbons (Fsp3) is 0.357. The minimum absolute atomic E-state index is 0.130. The second kappa shape index (κ2) is 6.23. The quantitative estimate of drug-likeness (QED) is 0.511. The maximum Gasteiger partial charge on any atom is 0.413 e. The first-order valence-corrected chi connectivity index (χ1v) is 7.10. The minimum atomic E-state index is -0.614. The van der Waals surface area contributed by atoms with Crippen molar-refractivity contribution in [3.05, 3.63) is 18.2 Å². The third-order valence-electron chi connectivity index (χ3n) is 2.48. The SMILES string of the molecule is CC(C)(C)OC(=O)Nc1noc2ccc(N=C(N)CCl)cc12. The Bertz CT molecular complexity index is 718. The lowest BCUT2D eigenvalue weighted by molar-refractivity contribution is 0.0635. The Morgan fingerprint density at radius 2 is 2.23 bits per heavy atom. The zero-order chi connectivity index (χ0) is 16.3.